The molecule has 0 aliphatic carbocycles. The molecular weight excluding hydrogens is 400 g/mol. The molecule has 0 aliphatic rings. The number of rotatable bonds is 5. The van der Waals surface area contributed by atoms with E-state index in [-0.39, 0.29) is 5.56 Å². The summed E-state index contributed by atoms with van der Waals surface area (Å²) in [4.78, 5) is 13.2. The van der Waals surface area contributed by atoms with Gasteiger partial charge in [-0.2, -0.15) is 0 Å². The number of aryl methyl sites for hydroxylation is 2. The molecule has 2 aromatic heterocycles. The topological polar surface area (TPSA) is 67.8 Å². The molecule has 0 saturated heterocycles. The van der Waals surface area contributed by atoms with Crippen molar-refractivity contribution in [2.45, 2.75) is 33.2 Å². The average molecular weight is 422 g/mol. The Bertz CT molecular complexity index is 1130. The number of halogens is 3. The molecule has 1 aromatic carbocycles. The third kappa shape index (κ3) is 4.27. The van der Waals surface area contributed by atoms with Crippen LogP contribution in [0.4, 0.5) is 19.0 Å². The molecule has 9 heteroatoms. The highest BCUT2D eigenvalue weighted by molar-refractivity contribution is 7.70. The number of hydrogen-bond donors (Lipinski definition) is 1. The predicted molar refractivity (Wildman–Crippen MR) is 109 cm³/mol. The van der Waals surface area contributed by atoms with E-state index in [2.05, 4.69) is 20.3 Å². The monoisotopic (exact) mass is 422 g/mol. The molecule has 0 radical (unpaired) electrons. The second kappa shape index (κ2) is 7.75. The van der Waals surface area contributed by atoms with Crippen molar-refractivity contribution < 1.29 is 17.7 Å². The fraction of sp³-hybridized carbons (Fsp3) is 0.350. The van der Waals surface area contributed by atoms with E-state index in [9.17, 15) is 17.7 Å². The van der Waals surface area contributed by atoms with Crippen molar-refractivity contribution in [3.8, 4) is 0 Å². The van der Waals surface area contributed by atoms with Crippen LogP contribution in [-0.2, 0) is 4.57 Å². The van der Waals surface area contributed by atoms with Crippen molar-refractivity contribution in [1.29, 1.82) is 0 Å². The molecule has 0 fully saturated rings. The van der Waals surface area contributed by atoms with Gasteiger partial charge < -0.3 is 9.88 Å². The summed E-state index contributed by atoms with van der Waals surface area (Å²) in [6.07, 6.45) is -2.90. The van der Waals surface area contributed by atoms with Crippen LogP contribution in [0.2, 0.25) is 0 Å². The molecule has 0 unspecified atom stereocenters. The molecule has 154 valence electrons. The number of nitrogens with zero attached hydrogens (tertiary/aromatic N) is 3. The molecule has 5 nitrogen and oxygen atoms in total. The van der Waals surface area contributed by atoms with E-state index in [4.69, 9.17) is 0 Å². The highest BCUT2D eigenvalue weighted by atomic mass is 31.2. The van der Waals surface area contributed by atoms with Gasteiger partial charge in [0, 0.05) is 10.9 Å². The lowest BCUT2D eigenvalue weighted by Gasteiger charge is -2.19. The summed E-state index contributed by atoms with van der Waals surface area (Å²) in [5, 5.41) is 4.23. The fourth-order valence-corrected chi connectivity index (χ4v) is 4.52. The minimum absolute atomic E-state index is 0.101. The Morgan fingerprint density at radius 2 is 1.72 bits per heavy atom. The summed E-state index contributed by atoms with van der Waals surface area (Å²) >= 11 is 0. The first-order valence-electron chi connectivity index (χ1n) is 9.03. The van der Waals surface area contributed by atoms with Gasteiger partial charge in [0.25, 0.3) is 6.43 Å². The molecule has 1 atom stereocenters. The van der Waals surface area contributed by atoms with Crippen LogP contribution >= 0.6 is 7.14 Å². The third-order valence-corrected chi connectivity index (χ3v) is 6.27. The second-order valence-corrected chi connectivity index (χ2v) is 10.5. The quantitative estimate of drug-likeness (QED) is 0.577. The van der Waals surface area contributed by atoms with Gasteiger partial charge in [0.05, 0.1) is 22.7 Å². The van der Waals surface area contributed by atoms with Gasteiger partial charge in [-0.05, 0) is 40.2 Å². The SMILES string of the molecule is Cc1nc(N[C@H](C)c2cccc(C(F)F)c2F)c2cc(P(C)(C)=O)c(C)nc2n1. The summed E-state index contributed by atoms with van der Waals surface area (Å²) in [6.45, 7) is 8.43. The summed E-state index contributed by atoms with van der Waals surface area (Å²) in [6, 6.07) is 5.01. The van der Waals surface area contributed by atoms with Gasteiger partial charge in [-0.25, -0.2) is 28.1 Å². The van der Waals surface area contributed by atoms with E-state index in [0.717, 1.165) is 6.07 Å². The highest BCUT2D eigenvalue weighted by Gasteiger charge is 2.22. The lowest BCUT2D eigenvalue weighted by molar-refractivity contribution is 0.146. The largest absolute Gasteiger partial charge is 0.363 e. The van der Waals surface area contributed by atoms with Crippen LogP contribution in [0, 0.1) is 19.7 Å². The first-order valence-corrected chi connectivity index (χ1v) is 11.6. The zero-order valence-corrected chi connectivity index (χ0v) is 17.7. The van der Waals surface area contributed by atoms with Gasteiger partial charge in [-0.1, -0.05) is 18.2 Å². The Kier molecular flexibility index (Phi) is 5.68. The summed E-state index contributed by atoms with van der Waals surface area (Å²) in [5.74, 6) is -0.118. The van der Waals surface area contributed by atoms with Crippen molar-refractivity contribution in [2.24, 2.45) is 0 Å². The second-order valence-electron chi connectivity index (χ2n) is 7.35. The third-order valence-electron chi connectivity index (χ3n) is 4.66. The van der Waals surface area contributed by atoms with Gasteiger partial charge in [0.15, 0.2) is 5.65 Å². The smallest absolute Gasteiger partial charge is 0.266 e. The zero-order chi connectivity index (χ0) is 21.5. The van der Waals surface area contributed by atoms with E-state index < -0.39 is 31.0 Å². The lowest BCUT2D eigenvalue weighted by atomic mass is 10.0. The number of alkyl halides is 2. The molecule has 3 rings (SSSR count). The molecule has 1 N–H and O–H groups in total. The van der Waals surface area contributed by atoms with Gasteiger partial charge >= 0.3 is 0 Å². The maximum atomic E-state index is 14.5. The van der Waals surface area contributed by atoms with Crippen LogP contribution < -0.4 is 10.6 Å². The zero-order valence-electron chi connectivity index (χ0n) is 16.8. The normalized spacial score (nSPS) is 13.1. The molecule has 0 saturated carbocycles. The van der Waals surface area contributed by atoms with Crippen LogP contribution in [-0.4, -0.2) is 28.3 Å². The molecule has 0 bridgehead atoms. The number of benzene rings is 1. The van der Waals surface area contributed by atoms with Crippen LogP contribution in [0.3, 0.4) is 0 Å². The Balaban J connectivity index is 2.10. The van der Waals surface area contributed by atoms with Gasteiger partial charge in [-0.3, -0.25) is 0 Å². The minimum Gasteiger partial charge on any atom is -0.363 e. The maximum absolute atomic E-state index is 14.5. The molecule has 0 aliphatic heterocycles. The first kappa shape index (κ1) is 21.2. The minimum atomic E-state index is -2.90. The van der Waals surface area contributed by atoms with Crippen molar-refractivity contribution in [2.75, 3.05) is 18.6 Å². The van der Waals surface area contributed by atoms with Crippen LogP contribution in [0.25, 0.3) is 11.0 Å². The van der Waals surface area contributed by atoms with Gasteiger partial charge in [0.2, 0.25) is 0 Å². The van der Waals surface area contributed by atoms with Gasteiger partial charge in [-0.15, -0.1) is 0 Å². The van der Waals surface area contributed by atoms with E-state index >= 15 is 0 Å². The first-order chi connectivity index (χ1) is 13.5. The number of fused-ring (bicyclic) bond motifs is 1. The number of nitrogens with one attached hydrogen (secondary N) is 1. The molecule has 0 amide bonds. The van der Waals surface area contributed by atoms with Crippen molar-refractivity contribution in [1.82, 2.24) is 15.0 Å². The number of aromatic nitrogens is 3. The van der Waals surface area contributed by atoms with E-state index in [1.807, 2.05) is 0 Å². The number of pyridine rings is 1. The standard InChI is InChI=1S/C20H22F3N4OP/c1-10(13-7-6-8-14(17(13)21)18(22)23)24-19-15-9-16(29(4,5)28)11(2)25-20(15)27-12(3)26-19/h6-10,18H,1-5H3,(H,24,25,26,27)/t10-/m1/s1. The van der Waals surface area contributed by atoms with Crippen LogP contribution in [0.1, 0.15) is 42.0 Å². The Morgan fingerprint density at radius 1 is 1.07 bits per heavy atom. The Labute approximate surface area is 167 Å². The summed E-state index contributed by atoms with van der Waals surface area (Å²) < 4.78 is 53.2. The summed E-state index contributed by atoms with van der Waals surface area (Å²) in [5.41, 5.74) is 0.504. The molecule has 3 aromatic rings. The molecular formula is C20H22F3N4OP. The van der Waals surface area contributed by atoms with Crippen molar-refractivity contribution in [3.63, 3.8) is 0 Å². The fourth-order valence-electron chi connectivity index (χ4n) is 3.25. The highest BCUT2D eigenvalue weighted by Crippen LogP contribution is 2.37. The molecule has 2 heterocycles. The maximum Gasteiger partial charge on any atom is 0.266 e. The van der Waals surface area contributed by atoms with E-state index in [0.29, 0.717) is 33.7 Å². The average Bonchev–Trinajstić information content (AvgIpc) is 2.59. The van der Waals surface area contributed by atoms with Crippen molar-refractivity contribution >= 4 is 29.3 Å². The van der Waals surface area contributed by atoms with Crippen LogP contribution in [0.5, 0.6) is 0 Å². The number of hydrogen-bond acceptors (Lipinski definition) is 5. The molecule has 0 spiro atoms. The molecule has 29 heavy (non-hydrogen) atoms. The predicted octanol–water partition coefficient (Wildman–Crippen LogP) is 5.14. The Morgan fingerprint density at radius 3 is 2.34 bits per heavy atom. The van der Waals surface area contributed by atoms with Crippen LogP contribution in [0.15, 0.2) is 24.3 Å². The Hall–Kier alpha value is -2.47. The van der Waals surface area contributed by atoms with E-state index in [1.54, 1.807) is 40.2 Å². The van der Waals surface area contributed by atoms with E-state index in [1.165, 1.54) is 12.1 Å². The lowest BCUT2D eigenvalue weighted by Crippen LogP contribution is -2.15. The number of anilines is 1. The summed E-state index contributed by atoms with van der Waals surface area (Å²) in [7, 11) is -2.60. The van der Waals surface area contributed by atoms with Crippen molar-refractivity contribution in [3.05, 3.63) is 52.7 Å². The van der Waals surface area contributed by atoms with Gasteiger partial charge in [0.1, 0.15) is 24.6 Å².